The van der Waals surface area contributed by atoms with Gasteiger partial charge in [0.15, 0.2) is 5.78 Å². The molecule has 0 radical (unpaired) electrons. The molecule has 4 unspecified atom stereocenters. The molecule has 26 heavy (non-hydrogen) atoms. The fraction of sp³-hybridized carbons (Fsp3) is 0.480. The molecule has 2 aromatic carbocycles. The zero-order valence-electron chi connectivity index (χ0n) is 15.2. The van der Waals surface area contributed by atoms with Crippen molar-refractivity contribution in [2.75, 3.05) is 0 Å². The molecule has 0 heterocycles. The molecule has 1 spiro atoms. The highest BCUT2D eigenvalue weighted by atomic mass is 16.1. The molecule has 0 N–H and O–H groups in total. The maximum atomic E-state index is 13.7. The SMILES string of the molecule is O=C1c2cc3ccc4cc3cc2CCC1C12CCC(C1)C1=C2CCCC14. The van der Waals surface area contributed by atoms with Crippen molar-refractivity contribution in [1.82, 2.24) is 0 Å². The molecule has 4 atom stereocenters. The van der Waals surface area contributed by atoms with E-state index in [-0.39, 0.29) is 11.3 Å². The standard InChI is InChI=1S/C25H24O/c26-24-20-12-14-4-5-15-10-18(14)11-16(20)6-7-22(24)25-9-8-17(13-25)23-19(15)2-1-3-21(23)25/h4-5,10-12,17,19,22H,1-3,6-9,13H2. The van der Waals surface area contributed by atoms with Gasteiger partial charge in [0.1, 0.15) is 0 Å². The summed E-state index contributed by atoms with van der Waals surface area (Å²) < 4.78 is 0. The van der Waals surface area contributed by atoms with Crippen molar-refractivity contribution in [3.8, 4) is 0 Å². The van der Waals surface area contributed by atoms with Gasteiger partial charge < -0.3 is 0 Å². The molecular formula is C25H24O. The van der Waals surface area contributed by atoms with Crippen LogP contribution in [0.3, 0.4) is 0 Å². The first-order valence-corrected chi connectivity index (χ1v) is 10.6. The molecule has 7 aliphatic rings. The van der Waals surface area contributed by atoms with Gasteiger partial charge >= 0.3 is 0 Å². The number of ketones is 1. The number of hydrogen-bond acceptors (Lipinski definition) is 1. The first-order valence-electron chi connectivity index (χ1n) is 10.6. The van der Waals surface area contributed by atoms with Crippen LogP contribution in [0, 0.1) is 17.3 Å². The highest BCUT2D eigenvalue weighted by molar-refractivity contribution is 6.04. The van der Waals surface area contributed by atoms with Crippen molar-refractivity contribution < 1.29 is 4.79 Å². The first-order chi connectivity index (χ1) is 12.7. The fourth-order valence-electron chi connectivity index (χ4n) is 7.71. The Kier molecular flexibility index (Phi) is 2.46. The lowest BCUT2D eigenvalue weighted by molar-refractivity contribution is 0.0768. The number of hydrogen-bond donors (Lipinski definition) is 0. The topological polar surface area (TPSA) is 17.1 Å². The molecule has 9 rings (SSSR count). The van der Waals surface area contributed by atoms with E-state index in [0.717, 1.165) is 24.3 Å². The number of allylic oxidation sites excluding steroid dienone is 2. The van der Waals surface area contributed by atoms with E-state index in [4.69, 9.17) is 0 Å². The minimum atomic E-state index is 0.222. The van der Waals surface area contributed by atoms with E-state index in [1.807, 2.05) is 0 Å². The van der Waals surface area contributed by atoms with Crippen molar-refractivity contribution in [1.29, 1.82) is 0 Å². The summed E-state index contributed by atoms with van der Waals surface area (Å²) in [5.74, 6) is 2.09. The van der Waals surface area contributed by atoms with Crippen LogP contribution in [0.1, 0.15) is 72.3 Å². The van der Waals surface area contributed by atoms with Crippen molar-refractivity contribution in [3.05, 3.63) is 58.2 Å². The van der Waals surface area contributed by atoms with E-state index in [1.54, 1.807) is 11.1 Å². The summed E-state index contributed by atoms with van der Waals surface area (Å²) in [5, 5.41) is 2.60. The minimum Gasteiger partial charge on any atom is -0.294 e. The average molecular weight is 340 g/mol. The van der Waals surface area contributed by atoms with Crippen molar-refractivity contribution in [2.24, 2.45) is 17.3 Å². The molecule has 1 fully saturated rings. The Morgan fingerprint density at radius 1 is 0.962 bits per heavy atom. The number of benzene rings is 2. The summed E-state index contributed by atoms with van der Waals surface area (Å²) in [6.45, 7) is 0. The average Bonchev–Trinajstić information content (AvgIpc) is 3.24. The van der Waals surface area contributed by atoms with Crippen LogP contribution in [0.25, 0.3) is 10.8 Å². The molecule has 0 saturated heterocycles. The summed E-state index contributed by atoms with van der Waals surface area (Å²) in [7, 11) is 0. The van der Waals surface area contributed by atoms with Gasteiger partial charge in [0.2, 0.25) is 0 Å². The number of fused-ring (bicyclic) bond motifs is 3. The normalized spacial score (nSPS) is 36.5. The number of Topliss-reactive ketones (excluding diaryl/α,β-unsaturated/α-hetero) is 1. The predicted octanol–water partition coefficient (Wildman–Crippen LogP) is 5.96. The highest BCUT2D eigenvalue weighted by Gasteiger charge is 2.58. The van der Waals surface area contributed by atoms with Gasteiger partial charge in [-0.3, -0.25) is 4.79 Å². The second kappa shape index (κ2) is 4.50. The van der Waals surface area contributed by atoms with E-state index in [1.165, 1.54) is 60.4 Å². The van der Waals surface area contributed by atoms with E-state index >= 15 is 0 Å². The second-order valence-corrected chi connectivity index (χ2v) is 9.55. The van der Waals surface area contributed by atoms with E-state index in [2.05, 4.69) is 30.3 Å². The van der Waals surface area contributed by atoms with Crippen LogP contribution in [0.4, 0.5) is 0 Å². The van der Waals surface area contributed by atoms with Gasteiger partial charge in [0.25, 0.3) is 0 Å². The van der Waals surface area contributed by atoms with Crippen molar-refractivity contribution >= 4 is 16.6 Å². The molecule has 0 aliphatic heterocycles. The van der Waals surface area contributed by atoms with Gasteiger partial charge in [-0.1, -0.05) is 35.4 Å². The van der Waals surface area contributed by atoms with Crippen LogP contribution in [-0.2, 0) is 6.42 Å². The van der Waals surface area contributed by atoms with Gasteiger partial charge in [-0.2, -0.15) is 0 Å². The lowest BCUT2D eigenvalue weighted by Gasteiger charge is -2.43. The first kappa shape index (κ1) is 14.2. The van der Waals surface area contributed by atoms with Crippen LogP contribution < -0.4 is 0 Å². The minimum absolute atomic E-state index is 0.222. The Morgan fingerprint density at radius 2 is 1.92 bits per heavy atom. The quantitative estimate of drug-likeness (QED) is 0.541. The third kappa shape index (κ3) is 1.50. The van der Waals surface area contributed by atoms with E-state index in [9.17, 15) is 4.79 Å². The van der Waals surface area contributed by atoms with Crippen LogP contribution >= 0.6 is 0 Å². The molecule has 11 bridgehead atoms. The summed E-state index contributed by atoms with van der Waals surface area (Å²) in [5.41, 5.74) is 7.65. The third-order valence-electron chi connectivity index (χ3n) is 8.67. The molecular weight excluding hydrogens is 316 g/mol. The Hall–Kier alpha value is -1.89. The van der Waals surface area contributed by atoms with Crippen LogP contribution in [0.5, 0.6) is 0 Å². The van der Waals surface area contributed by atoms with Crippen LogP contribution in [0.2, 0.25) is 0 Å². The monoisotopic (exact) mass is 340 g/mol. The van der Waals surface area contributed by atoms with Crippen molar-refractivity contribution in [2.45, 2.75) is 57.3 Å². The highest BCUT2D eigenvalue weighted by Crippen LogP contribution is 2.68. The Balaban J connectivity index is 1.62. The molecule has 1 saturated carbocycles. The van der Waals surface area contributed by atoms with Gasteiger partial charge in [0.05, 0.1) is 0 Å². The van der Waals surface area contributed by atoms with Gasteiger partial charge in [-0.05, 0) is 85.3 Å². The predicted molar refractivity (Wildman–Crippen MR) is 103 cm³/mol. The number of rotatable bonds is 0. The zero-order chi connectivity index (χ0) is 17.0. The van der Waals surface area contributed by atoms with Crippen LogP contribution in [-0.4, -0.2) is 5.78 Å². The summed E-state index contributed by atoms with van der Waals surface area (Å²) >= 11 is 0. The lowest BCUT2D eigenvalue weighted by atomic mass is 9.60. The Bertz CT molecular complexity index is 1040. The molecule has 0 aromatic heterocycles. The summed E-state index contributed by atoms with van der Waals surface area (Å²) in [4.78, 5) is 13.7. The van der Waals surface area contributed by atoms with E-state index < -0.39 is 0 Å². The Labute approximate surface area is 154 Å². The number of carbonyl (C=O) groups is 1. The van der Waals surface area contributed by atoms with Crippen molar-refractivity contribution in [3.63, 3.8) is 0 Å². The van der Waals surface area contributed by atoms with Gasteiger partial charge in [-0.15, -0.1) is 0 Å². The summed E-state index contributed by atoms with van der Waals surface area (Å²) in [6, 6.07) is 11.6. The molecule has 1 nitrogen and oxygen atoms in total. The van der Waals surface area contributed by atoms with Gasteiger partial charge in [0, 0.05) is 22.8 Å². The molecule has 2 aromatic rings. The smallest absolute Gasteiger partial charge is 0.167 e. The zero-order valence-corrected chi connectivity index (χ0v) is 15.2. The largest absolute Gasteiger partial charge is 0.294 e. The Morgan fingerprint density at radius 3 is 2.88 bits per heavy atom. The lowest BCUT2D eigenvalue weighted by Crippen LogP contribution is -2.39. The molecule has 0 amide bonds. The molecule has 1 heteroatoms. The van der Waals surface area contributed by atoms with E-state index in [0.29, 0.717) is 11.7 Å². The number of aryl methyl sites for hydroxylation is 1. The van der Waals surface area contributed by atoms with Crippen LogP contribution in [0.15, 0.2) is 41.5 Å². The maximum Gasteiger partial charge on any atom is 0.167 e. The third-order valence-corrected chi connectivity index (χ3v) is 8.67. The molecule has 7 aliphatic carbocycles. The molecule has 130 valence electrons. The number of carbonyl (C=O) groups excluding carboxylic acids is 1. The summed E-state index contributed by atoms with van der Waals surface area (Å²) in [6.07, 6.45) is 9.91. The maximum absolute atomic E-state index is 13.7. The fourth-order valence-corrected chi connectivity index (χ4v) is 7.71. The second-order valence-electron chi connectivity index (χ2n) is 9.55. The van der Waals surface area contributed by atoms with Gasteiger partial charge in [-0.25, -0.2) is 0 Å².